The highest BCUT2D eigenvalue weighted by molar-refractivity contribution is 6.03. The predicted octanol–water partition coefficient (Wildman–Crippen LogP) is 5.12. The number of aliphatic carboxylic acids is 1. The van der Waals surface area contributed by atoms with Crippen molar-refractivity contribution < 1.29 is 33.4 Å². The van der Waals surface area contributed by atoms with E-state index in [0.29, 0.717) is 17.5 Å². The van der Waals surface area contributed by atoms with Gasteiger partial charge in [0.15, 0.2) is 0 Å². The predicted molar refractivity (Wildman–Crippen MR) is 164 cm³/mol. The van der Waals surface area contributed by atoms with Gasteiger partial charge in [0.2, 0.25) is 11.8 Å². The molecule has 1 unspecified atom stereocenters. The molecule has 3 amide bonds. The molecule has 0 saturated carbocycles. The van der Waals surface area contributed by atoms with E-state index in [-0.39, 0.29) is 25.0 Å². The molecule has 0 fully saturated rings. The molecule has 1 aromatic heterocycles. The Hall–Kier alpha value is -5.38. The maximum Gasteiger partial charge on any atom is 0.408 e. The summed E-state index contributed by atoms with van der Waals surface area (Å²) in [6.45, 7) is 1.35. The number of nitrogens with zero attached hydrogens (tertiary/aromatic N) is 1. The Balaban J connectivity index is 1.60. The van der Waals surface area contributed by atoms with Crippen LogP contribution in [0.3, 0.4) is 0 Å². The molecule has 3 aromatic carbocycles. The molecular formula is C34H35N3O7. The molecule has 0 aliphatic carbocycles. The van der Waals surface area contributed by atoms with Gasteiger partial charge in [-0.15, -0.1) is 0 Å². The lowest BCUT2D eigenvalue weighted by atomic mass is 9.91. The maximum atomic E-state index is 14.2. The van der Waals surface area contributed by atoms with E-state index < -0.39 is 42.4 Å². The minimum atomic E-state index is -1.61. The second kappa shape index (κ2) is 15.7. The number of carboxylic acid groups (broad SMARTS) is 1. The van der Waals surface area contributed by atoms with E-state index >= 15 is 0 Å². The van der Waals surface area contributed by atoms with Gasteiger partial charge in [0.1, 0.15) is 19.2 Å². The van der Waals surface area contributed by atoms with Crippen LogP contribution in [0.5, 0.6) is 0 Å². The average molecular weight is 598 g/mol. The number of hydrogen-bond donors (Lipinski definition) is 3. The van der Waals surface area contributed by atoms with E-state index in [0.717, 1.165) is 10.5 Å². The number of alkyl carbamates (subject to hydrolysis) is 1. The molecule has 228 valence electrons. The monoisotopic (exact) mass is 597 g/mol. The Morgan fingerprint density at radius 3 is 2.00 bits per heavy atom. The van der Waals surface area contributed by atoms with Crippen molar-refractivity contribution in [3.8, 4) is 0 Å². The highest BCUT2D eigenvalue weighted by Gasteiger charge is 2.40. The van der Waals surface area contributed by atoms with Crippen molar-refractivity contribution in [3.05, 3.63) is 126 Å². The van der Waals surface area contributed by atoms with Crippen molar-refractivity contribution in [1.29, 1.82) is 0 Å². The fourth-order valence-corrected chi connectivity index (χ4v) is 4.79. The molecule has 10 heteroatoms. The van der Waals surface area contributed by atoms with Gasteiger partial charge in [-0.1, -0.05) is 97.9 Å². The van der Waals surface area contributed by atoms with E-state index in [1.54, 1.807) is 60.7 Å². The molecule has 0 radical (unpaired) electrons. The normalized spacial score (nSPS) is 12.8. The van der Waals surface area contributed by atoms with E-state index in [4.69, 9.17) is 9.15 Å². The van der Waals surface area contributed by atoms with Crippen LogP contribution in [0.1, 0.15) is 36.1 Å². The lowest BCUT2D eigenvalue weighted by molar-refractivity contribution is -0.145. The summed E-state index contributed by atoms with van der Waals surface area (Å²) in [7, 11) is 0. The second-order valence-corrected chi connectivity index (χ2v) is 10.1. The summed E-state index contributed by atoms with van der Waals surface area (Å²) < 4.78 is 10.8. The number of hydrogen-bond acceptors (Lipinski definition) is 6. The SMILES string of the molecule is CC[C@H](NC(=O)CN(C(=O)[C@@H](NC(=O)OCc1ccccc1)C(Cc1ccccc1)C(=O)O)c1ccco1)c1ccccc1. The first-order valence-electron chi connectivity index (χ1n) is 14.3. The summed E-state index contributed by atoms with van der Waals surface area (Å²) in [6, 6.07) is 28.2. The molecule has 0 spiro atoms. The first kappa shape index (κ1) is 31.6. The van der Waals surface area contributed by atoms with Gasteiger partial charge in [-0.25, -0.2) is 4.79 Å². The lowest BCUT2D eigenvalue weighted by Gasteiger charge is -2.29. The van der Waals surface area contributed by atoms with Crippen LogP contribution in [0, 0.1) is 5.92 Å². The number of carbonyl (C=O) groups excluding carboxylic acids is 3. The van der Waals surface area contributed by atoms with Crippen LogP contribution in [0.15, 0.2) is 114 Å². The first-order chi connectivity index (χ1) is 21.4. The molecule has 0 saturated heterocycles. The molecule has 0 aliphatic rings. The van der Waals surface area contributed by atoms with Gasteiger partial charge in [0, 0.05) is 6.07 Å². The molecule has 4 rings (SSSR count). The molecule has 1 heterocycles. The largest absolute Gasteiger partial charge is 0.481 e. The Labute approximate surface area is 255 Å². The molecular weight excluding hydrogens is 562 g/mol. The van der Waals surface area contributed by atoms with Crippen molar-refractivity contribution in [2.75, 3.05) is 11.4 Å². The van der Waals surface area contributed by atoms with Gasteiger partial charge >= 0.3 is 12.1 Å². The third-order valence-electron chi connectivity index (χ3n) is 7.06. The second-order valence-electron chi connectivity index (χ2n) is 10.1. The summed E-state index contributed by atoms with van der Waals surface area (Å²) in [5.74, 6) is -4.03. The molecule has 0 bridgehead atoms. The smallest absolute Gasteiger partial charge is 0.408 e. The van der Waals surface area contributed by atoms with E-state index in [9.17, 15) is 24.3 Å². The maximum absolute atomic E-state index is 14.2. The molecule has 4 aromatic rings. The van der Waals surface area contributed by atoms with Crippen molar-refractivity contribution in [2.45, 2.75) is 38.5 Å². The summed E-state index contributed by atoms with van der Waals surface area (Å²) in [4.78, 5) is 54.2. The highest BCUT2D eigenvalue weighted by Crippen LogP contribution is 2.22. The summed E-state index contributed by atoms with van der Waals surface area (Å²) in [6.07, 6.45) is 0.877. The van der Waals surface area contributed by atoms with Crippen molar-refractivity contribution in [2.24, 2.45) is 5.92 Å². The van der Waals surface area contributed by atoms with Crippen LogP contribution in [0.4, 0.5) is 10.7 Å². The quantitative estimate of drug-likeness (QED) is 0.183. The molecule has 10 nitrogen and oxygen atoms in total. The van der Waals surface area contributed by atoms with Gasteiger partial charge < -0.3 is 24.9 Å². The third kappa shape index (κ3) is 8.81. The summed E-state index contributed by atoms with van der Waals surface area (Å²) >= 11 is 0. The summed E-state index contributed by atoms with van der Waals surface area (Å²) in [5.41, 5.74) is 2.25. The van der Waals surface area contributed by atoms with Crippen molar-refractivity contribution >= 4 is 29.8 Å². The van der Waals surface area contributed by atoms with Crippen LogP contribution in [-0.4, -0.2) is 41.6 Å². The molecule has 3 N–H and O–H groups in total. The Kier molecular flexibility index (Phi) is 11.3. The fourth-order valence-electron chi connectivity index (χ4n) is 4.79. The highest BCUT2D eigenvalue weighted by atomic mass is 16.5. The molecule has 44 heavy (non-hydrogen) atoms. The van der Waals surface area contributed by atoms with E-state index in [1.807, 2.05) is 43.3 Å². The number of nitrogens with one attached hydrogen (secondary N) is 2. The third-order valence-corrected chi connectivity index (χ3v) is 7.06. The fraction of sp³-hybridized carbons (Fsp3) is 0.235. The number of anilines is 1. The van der Waals surface area contributed by atoms with Crippen LogP contribution in [0.25, 0.3) is 0 Å². The Bertz CT molecular complexity index is 1500. The number of carbonyl (C=O) groups is 4. The molecule has 3 atom stereocenters. The Morgan fingerprint density at radius 1 is 0.818 bits per heavy atom. The van der Waals surface area contributed by atoms with Crippen LogP contribution >= 0.6 is 0 Å². The van der Waals surface area contributed by atoms with Crippen LogP contribution < -0.4 is 15.5 Å². The number of carboxylic acids is 1. The topological polar surface area (TPSA) is 138 Å². The van der Waals surface area contributed by atoms with Gasteiger partial charge in [-0.2, -0.15) is 0 Å². The average Bonchev–Trinajstić information content (AvgIpc) is 3.59. The van der Waals surface area contributed by atoms with Crippen molar-refractivity contribution in [1.82, 2.24) is 10.6 Å². The molecule has 0 aliphatic heterocycles. The zero-order valence-electron chi connectivity index (χ0n) is 24.3. The van der Waals surface area contributed by atoms with Gasteiger partial charge in [0.05, 0.1) is 18.2 Å². The number of amides is 3. The van der Waals surface area contributed by atoms with Crippen LogP contribution in [0.2, 0.25) is 0 Å². The van der Waals surface area contributed by atoms with E-state index in [1.165, 1.54) is 12.3 Å². The van der Waals surface area contributed by atoms with Gasteiger partial charge in [-0.3, -0.25) is 19.3 Å². The lowest BCUT2D eigenvalue weighted by Crippen LogP contribution is -2.56. The van der Waals surface area contributed by atoms with Crippen molar-refractivity contribution in [3.63, 3.8) is 0 Å². The zero-order chi connectivity index (χ0) is 31.3. The minimum Gasteiger partial charge on any atom is -0.481 e. The van der Waals surface area contributed by atoms with Crippen LogP contribution in [-0.2, 0) is 32.1 Å². The number of furan rings is 1. The van der Waals surface area contributed by atoms with Gasteiger partial charge in [-0.05, 0) is 35.6 Å². The van der Waals surface area contributed by atoms with E-state index in [2.05, 4.69) is 10.6 Å². The summed E-state index contributed by atoms with van der Waals surface area (Å²) in [5, 5.41) is 15.7. The number of rotatable bonds is 14. The number of ether oxygens (including phenoxy) is 1. The zero-order valence-corrected chi connectivity index (χ0v) is 24.3. The van der Waals surface area contributed by atoms with Gasteiger partial charge in [0.25, 0.3) is 5.91 Å². The number of benzene rings is 3. The minimum absolute atomic E-state index is 0.0196. The first-order valence-corrected chi connectivity index (χ1v) is 14.3. The standard InChI is InChI=1S/C34H35N3O7/c1-2-28(26-17-10-5-11-18-26)35-29(38)22-37(30-19-12-20-43-30)32(39)31(27(33(40)41)21-24-13-6-3-7-14-24)36-34(42)44-23-25-15-8-4-9-16-25/h3-20,27-28,31H,2,21-23H2,1H3,(H,35,38)(H,36,42)(H,40,41)/t27?,28-,31-/m0/s1. The Morgan fingerprint density at radius 2 is 1.43 bits per heavy atom.